The summed E-state index contributed by atoms with van der Waals surface area (Å²) >= 11 is 0. The van der Waals surface area contributed by atoms with E-state index in [2.05, 4.69) is 4.74 Å². The van der Waals surface area contributed by atoms with Crippen molar-refractivity contribution in [2.24, 2.45) is 0 Å². The van der Waals surface area contributed by atoms with Gasteiger partial charge in [-0.25, -0.2) is 4.79 Å². The fourth-order valence-electron chi connectivity index (χ4n) is 4.06. The zero-order chi connectivity index (χ0) is 17.5. The van der Waals surface area contributed by atoms with Gasteiger partial charge >= 0.3 is 11.9 Å². The SMILES string of the molecule is COC(=O)[C@@]1(O)C[C@@H](O)[C@H]2OC3(CCCCC3)O[C@H]2[C@@H]1OC(C)=O. The Morgan fingerprint density at radius 1 is 1.12 bits per heavy atom. The summed E-state index contributed by atoms with van der Waals surface area (Å²) < 4.78 is 21.9. The second kappa shape index (κ2) is 6.25. The minimum Gasteiger partial charge on any atom is -0.467 e. The van der Waals surface area contributed by atoms with Crippen molar-refractivity contribution in [2.75, 3.05) is 7.11 Å². The lowest BCUT2D eigenvalue weighted by Gasteiger charge is -2.43. The molecule has 0 radical (unpaired) electrons. The summed E-state index contributed by atoms with van der Waals surface area (Å²) in [6, 6.07) is 0. The van der Waals surface area contributed by atoms with Crippen LogP contribution >= 0.6 is 0 Å². The maximum atomic E-state index is 12.1. The summed E-state index contributed by atoms with van der Waals surface area (Å²) in [5.74, 6) is -2.49. The molecule has 0 aromatic carbocycles. The van der Waals surface area contributed by atoms with Gasteiger partial charge in [-0.3, -0.25) is 4.79 Å². The maximum absolute atomic E-state index is 12.1. The van der Waals surface area contributed by atoms with Gasteiger partial charge in [-0.05, 0) is 12.8 Å². The van der Waals surface area contributed by atoms with E-state index in [-0.39, 0.29) is 6.42 Å². The zero-order valence-electron chi connectivity index (χ0n) is 13.9. The molecule has 8 heteroatoms. The van der Waals surface area contributed by atoms with Crippen LogP contribution in [-0.2, 0) is 28.5 Å². The van der Waals surface area contributed by atoms with Crippen LogP contribution in [-0.4, -0.2) is 65.1 Å². The predicted octanol–water partition coefficient (Wildman–Crippen LogP) is 0.0312. The van der Waals surface area contributed by atoms with Crippen LogP contribution in [0.5, 0.6) is 0 Å². The van der Waals surface area contributed by atoms with Crippen LogP contribution in [0.1, 0.15) is 45.4 Å². The molecule has 3 aliphatic rings. The molecule has 0 bridgehead atoms. The van der Waals surface area contributed by atoms with Crippen LogP contribution in [0.2, 0.25) is 0 Å². The number of methoxy groups -OCH3 is 1. The van der Waals surface area contributed by atoms with E-state index in [9.17, 15) is 19.8 Å². The highest BCUT2D eigenvalue weighted by Crippen LogP contribution is 2.47. The van der Waals surface area contributed by atoms with Gasteiger partial charge in [0.05, 0.1) is 13.2 Å². The quantitative estimate of drug-likeness (QED) is 0.675. The normalized spacial score (nSPS) is 40.8. The van der Waals surface area contributed by atoms with Gasteiger partial charge in [-0.1, -0.05) is 6.42 Å². The van der Waals surface area contributed by atoms with Gasteiger partial charge in [0.2, 0.25) is 5.60 Å². The van der Waals surface area contributed by atoms with Crippen molar-refractivity contribution in [1.29, 1.82) is 0 Å². The molecule has 0 aromatic heterocycles. The summed E-state index contributed by atoms with van der Waals surface area (Å²) in [5, 5.41) is 21.2. The second-order valence-electron chi connectivity index (χ2n) is 6.85. The topological polar surface area (TPSA) is 112 Å². The first-order valence-corrected chi connectivity index (χ1v) is 8.33. The highest BCUT2D eigenvalue weighted by atomic mass is 16.8. The molecule has 3 fully saturated rings. The Kier molecular flexibility index (Phi) is 4.59. The van der Waals surface area contributed by atoms with E-state index in [1.54, 1.807) is 0 Å². The molecule has 0 amide bonds. The lowest BCUT2D eigenvalue weighted by atomic mass is 9.77. The first-order chi connectivity index (χ1) is 11.3. The lowest BCUT2D eigenvalue weighted by molar-refractivity contribution is -0.226. The molecule has 5 atom stereocenters. The summed E-state index contributed by atoms with van der Waals surface area (Å²) in [4.78, 5) is 23.6. The van der Waals surface area contributed by atoms with Crippen molar-refractivity contribution < 1.29 is 38.7 Å². The first kappa shape index (κ1) is 17.6. The molecule has 2 saturated carbocycles. The van der Waals surface area contributed by atoms with Crippen molar-refractivity contribution in [3.05, 3.63) is 0 Å². The Balaban J connectivity index is 1.93. The van der Waals surface area contributed by atoms with E-state index in [1.807, 2.05) is 0 Å². The van der Waals surface area contributed by atoms with Crippen molar-refractivity contribution in [1.82, 2.24) is 0 Å². The molecule has 1 spiro atoms. The smallest absolute Gasteiger partial charge is 0.342 e. The molecule has 2 N–H and O–H groups in total. The van der Waals surface area contributed by atoms with Gasteiger partial charge in [-0.2, -0.15) is 0 Å². The highest BCUT2D eigenvalue weighted by Gasteiger charge is 2.65. The molecule has 2 aliphatic carbocycles. The lowest BCUT2D eigenvalue weighted by Crippen LogP contribution is -2.66. The van der Waals surface area contributed by atoms with Crippen molar-refractivity contribution in [3.8, 4) is 0 Å². The van der Waals surface area contributed by atoms with Gasteiger partial charge in [-0.15, -0.1) is 0 Å². The Morgan fingerprint density at radius 2 is 1.75 bits per heavy atom. The molecule has 8 nitrogen and oxygen atoms in total. The summed E-state index contributed by atoms with van der Waals surface area (Å²) in [6.45, 7) is 1.18. The third kappa shape index (κ3) is 2.81. The average Bonchev–Trinajstić information content (AvgIpc) is 2.90. The van der Waals surface area contributed by atoms with E-state index < -0.39 is 47.7 Å². The first-order valence-electron chi connectivity index (χ1n) is 8.33. The van der Waals surface area contributed by atoms with Crippen LogP contribution < -0.4 is 0 Å². The third-order valence-corrected chi connectivity index (χ3v) is 5.14. The Bertz CT molecular complexity index is 514. The minimum atomic E-state index is -2.18. The average molecular weight is 344 g/mol. The van der Waals surface area contributed by atoms with Gasteiger partial charge in [0.1, 0.15) is 12.2 Å². The predicted molar refractivity (Wildman–Crippen MR) is 78.7 cm³/mol. The molecule has 3 rings (SSSR count). The number of aliphatic hydroxyl groups excluding tert-OH is 1. The Morgan fingerprint density at radius 3 is 2.33 bits per heavy atom. The molecule has 1 heterocycles. The number of carbonyl (C=O) groups is 2. The molecule has 136 valence electrons. The van der Waals surface area contributed by atoms with Gasteiger partial charge in [0.25, 0.3) is 0 Å². The van der Waals surface area contributed by atoms with Crippen LogP contribution in [0.15, 0.2) is 0 Å². The molecule has 1 saturated heterocycles. The number of rotatable bonds is 2. The number of carbonyl (C=O) groups excluding carboxylic acids is 2. The van der Waals surface area contributed by atoms with Crippen molar-refractivity contribution in [2.45, 2.75) is 81.3 Å². The van der Waals surface area contributed by atoms with E-state index in [0.29, 0.717) is 12.8 Å². The number of aliphatic hydroxyl groups is 2. The molecule has 1 aliphatic heterocycles. The van der Waals surface area contributed by atoms with Gasteiger partial charge in [0.15, 0.2) is 11.9 Å². The van der Waals surface area contributed by atoms with Crippen LogP contribution in [0.25, 0.3) is 0 Å². The zero-order valence-corrected chi connectivity index (χ0v) is 13.9. The standard InChI is InChI=1S/C16H24O8/c1-9(17)22-13-12-11(10(18)8-16(13,20)14(19)21-2)23-15(24-12)6-4-3-5-7-15/h10-13,18,20H,3-8H2,1-2H3/t10-,11-,12-,13+,16-/m1/s1. The van der Waals surface area contributed by atoms with E-state index >= 15 is 0 Å². The number of fused-ring (bicyclic) bond motifs is 1. The van der Waals surface area contributed by atoms with Crippen molar-refractivity contribution in [3.63, 3.8) is 0 Å². The maximum Gasteiger partial charge on any atom is 0.342 e. The monoisotopic (exact) mass is 344 g/mol. The van der Waals surface area contributed by atoms with Gasteiger partial charge < -0.3 is 29.2 Å². The Hall–Kier alpha value is -1.22. The highest BCUT2D eigenvalue weighted by molar-refractivity contribution is 5.81. The fourth-order valence-corrected chi connectivity index (χ4v) is 4.06. The third-order valence-electron chi connectivity index (χ3n) is 5.14. The molecule has 24 heavy (non-hydrogen) atoms. The number of hydrogen-bond donors (Lipinski definition) is 2. The molecule has 0 unspecified atom stereocenters. The van der Waals surface area contributed by atoms with Crippen LogP contribution in [0, 0.1) is 0 Å². The van der Waals surface area contributed by atoms with E-state index in [0.717, 1.165) is 26.4 Å². The van der Waals surface area contributed by atoms with Crippen molar-refractivity contribution >= 4 is 11.9 Å². The molecular weight excluding hydrogens is 320 g/mol. The van der Waals surface area contributed by atoms with Crippen LogP contribution in [0.3, 0.4) is 0 Å². The second-order valence-corrected chi connectivity index (χ2v) is 6.85. The minimum absolute atomic E-state index is 0.349. The largest absolute Gasteiger partial charge is 0.467 e. The summed E-state index contributed by atoms with van der Waals surface area (Å²) in [6.07, 6.45) is -0.220. The molecule has 0 aromatic rings. The van der Waals surface area contributed by atoms with Gasteiger partial charge in [0, 0.05) is 26.2 Å². The fraction of sp³-hybridized carbons (Fsp3) is 0.875. The summed E-state index contributed by atoms with van der Waals surface area (Å²) in [7, 11) is 1.12. The molecular formula is C16H24O8. The summed E-state index contributed by atoms with van der Waals surface area (Å²) in [5.41, 5.74) is -2.18. The van der Waals surface area contributed by atoms with E-state index in [4.69, 9.17) is 14.2 Å². The van der Waals surface area contributed by atoms with E-state index in [1.165, 1.54) is 6.92 Å². The number of ether oxygens (including phenoxy) is 4. The number of esters is 2. The van der Waals surface area contributed by atoms with Crippen LogP contribution in [0.4, 0.5) is 0 Å². The Labute approximate surface area is 140 Å². The number of hydrogen-bond acceptors (Lipinski definition) is 8.